The number of nitro groups is 1. The third-order valence-corrected chi connectivity index (χ3v) is 3.92. The van der Waals surface area contributed by atoms with Gasteiger partial charge in [-0.15, -0.1) is 0 Å². The van der Waals surface area contributed by atoms with Crippen LogP contribution in [0.5, 0.6) is 5.75 Å². The van der Waals surface area contributed by atoms with E-state index in [2.05, 4.69) is 5.32 Å². The molecule has 0 aliphatic heterocycles. The van der Waals surface area contributed by atoms with Crippen LogP contribution < -0.4 is 10.1 Å². The van der Waals surface area contributed by atoms with Gasteiger partial charge in [-0.2, -0.15) is 0 Å². The summed E-state index contributed by atoms with van der Waals surface area (Å²) in [5, 5.41) is 13.6. The Bertz CT molecular complexity index is 700. The number of nitrogens with one attached hydrogen (secondary N) is 1. The van der Waals surface area contributed by atoms with E-state index in [-0.39, 0.29) is 17.3 Å². The molecule has 2 rings (SSSR count). The number of esters is 1. The third-order valence-electron chi connectivity index (χ3n) is 3.92. The van der Waals surface area contributed by atoms with E-state index < -0.39 is 22.9 Å². The first-order valence-corrected chi connectivity index (χ1v) is 7.91. The molecule has 1 N–H and O–H groups in total. The summed E-state index contributed by atoms with van der Waals surface area (Å²) >= 11 is 0. The molecule has 1 aliphatic rings. The molecule has 0 heterocycles. The van der Waals surface area contributed by atoms with Gasteiger partial charge in [-0.05, 0) is 38.3 Å². The summed E-state index contributed by atoms with van der Waals surface area (Å²) in [6.45, 7) is 1.43. The van der Waals surface area contributed by atoms with Gasteiger partial charge in [0.25, 0.3) is 11.6 Å². The van der Waals surface area contributed by atoms with Gasteiger partial charge in [-0.3, -0.25) is 19.7 Å². The van der Waals surface area contributed by atoms with E-state index in [4.69, 9.17) is 9.47 Å². The minimum Gasteiger partial charge on any atom is -0.496 e. The van der Waals surface area contributed by atoms with E-state index in [1.54, 1.807) is 0 Å². The minimum atomic E-state index is -1.06. The van der Waals surface area contributed by atoms with Crippen LogP contribution >= 0.6 is 0 Å². The highest BCUT2D eigenvalue weighted by atomic mass is 16.6. The summed E-state index contributed by atoms with van der Waals surface area (Å²) in [7, 11) is 1.39. The van der Waals surface area contributed by atoms with Crippen LogP contribution in [0.2, 0.25) is 0 Å². The topological polar surface area (TPSA) is 108 Å². The van der Waals surface area contributed by atoms with E-state index in [0.717, 1.165) is 6.42 Å². The molecule has 134 valence electrons. The van der Waals surface area contributed by atoms with Gasteiger partial charge in [0.1, 0.15) is 11.4 Å². The lowest BCUT2D eigenvalue weighted by molar-refractivity contribution is -0.384. The van der Waals surface area contributed by atoms with E-state index in [1.807, 2.05) is 12.2 Å². The predicted molar refractivity (Wildman–Crippen MR) is 90.3 cm³/mol. The van der Waals surface area contributed by atoms with Crippen LogP contribution in [0, 0.1) is 16.0 Å². The summed E-state index contributed by atoms with van der Waals surface area (Å²) in [4.78, 5) is 34.8. The average Bonchev–Trinajstić information content (AvgIpc) is 2.62. The Morgan fingerprint density at radius 1 is 1.36 bits per heavy atom. The van der Waals surface area contributed by atoms with Crippen molar-refractivity contribution in [2.24, 2.45) is 5.92 Å². The molecule has 0 aromatic heterocycles. The molecule has 1 aromatic carbocycles. The van der Waals surface area contributed by atoms with Gasteiger partial charge >= 0.3 is 5.97 Å². The molecular formula is C17H20N2O6. The summed E-state index contributed by atoms with van der Waals surface area (Å²) in [5.74, 6) is -1.02. The molecule has 1 amide bonds. The van der Waals surface area contributed by atoms with Gasteiger partial charge in [0.2, 0.25) is 0 Å². The Balaban J connectivity index is 2.02. The number of rotatable bonds is 6. The second-order valence-corrected chi connectivity index (χ2v) is 5.69. The molecule has 0 saturated carbocycles. The Labute approximate surface area is 145 Å². The fourth-order valence-corrected chi connectivity index (χ4v) is 2.46. The second kappa shape index (κ2) is 8.27. The molecule has 0 radical (unpaired) electrons. The summed E-state index contributed by atoms with van der Waals surface area (Å²) in [6.07, 6.45) is 4.95. The number of carbonyl (C=O) groups is 2. The summed E-state index contributed by atoms with van der Waals surface area (Å²) in [6, 6.07) is 4.07. The highest BCUT2D eigenvalue weighted by Gasteiger charge is 2.26. The molecule has 8 heteroatoms. The van der Waals surface area contributed by atoms with Crippen molar-refractivity contribution >= 4 is 23.3 Å². The van der Waals surface area contributed by atoms with Crippen LogP contribution in [0.15, 0.2) is 30.4 Å². The fraction of sp³-hybridized carbons (Fsp3) is 0.412. The van der Waals surface area contributed by atoms with Crippen molar-refractivity contribution in [1.82, 2.24) is 0 Å². The van der Waals surface area contributed by atoms with Crippen molar-refractivity contribution in [3.63, 3.8) is 0 Å². The number of hydrogen-bond donors (Lipinski definition) is 1. The third kappa shape index (κ3) is 4.79. The number of amides is 1. The second-order valence-electron chi connectivity index (χ2n) is 5.69. The monoisotopic (exact) mass is 348 g/mol. The van der Waals surface area contributed by atoms with Gasteiger partial charge in [-0.25, -0.2) is 0 Å². The van der Waals surface area contributed by atoms with E-state index in [0.29, 0.717) is 18.6 Å². The Morgan fingerprint density at radius 3 is 2.72 bits per heavy atom. The van der Waals surface area contributed by atoms with Crippen molar-refractivity contribution in [1.29, 1.82) is 0 Å². The van der Waals surface area contributed by atoms with Crippen LogP contribution in [-0.4, -0.2) is 30.0 Å². The fourth-order valence-electron chi connectivity index (χ4n) is 2.46. The Kier molecular flexibility index (Phi) is 6.10. The van der Waals surface area contributed by atoms with Gasteiger partial charge in [0.05, 0.1) is 24.0 Å². The zero-order valence-electron chi connectivity index (χ0n) is 14.1. The highest BCUT2D eigenvalue weighted by Crippen LogP contribution is 2.29. The molecule has 25 heavy (non-hydrogen) atoms. The number of hydrogen-bond acceptors (Lipinski definition) is 6. The Hall–Kier alpha value is -2.90. The minimum absolute atomic E-state index is 0.0132. The van der Waals surface area contributed by atoms with Crippen LogP contribution in [0.1, 0.15) is 26.2 Å². The van der Waals surface area contributed by atoms with Crippen molar-refractivity contribution in [2.75, 3.05) is 12.4 Å². The number of nitro benzene ring substituents is 1. The maximum atomic E-state index is 12.2. The number of benzene rings is 1. The smallest absolute Gasteiger partial charge is 0.310 e. The molecule has 8 nitrogen and oxygen atoms in total. The van der Waals surface area contributed by atoms with Gasteiger partial charge in [-0.1, -0.05) is 12.2 Å². The van der Waals surface area contributed by atoms with E-state index in [9.17, 15) is 19.7 Å². The normalized spacial score (nSPS) is 17.4. The Morgan fingerprint density at radius 2 is 2.12 bits per heavy atom. The molecular weight excluding hydrogens is 328 g/mol. The summed E-state index contributed by atoms with van der Waals surface area (Å²) < 4.78 is 10.1. The van der Waals surface area contributed by atoms with Crippen LogP contribution in [-0.2, 0) is 14.3 Å². The zero-order chi connectivity index (χ0) is 18.4. The molecule has 0 bridgehead atoms. The maximum Gasteiger partial charge on any atom is 0.310 e. The van der Waals surface area contributed by atoms with Crippen LogP contribution in [0.3, 0.4) is 0 Å². The average molecular weight is 348 g/mol. The van der Waals surface area contributed by atoms with Crippen molar-refractivity contribution in [2.45, 2.75) is 32.3 Å². The molecule has 1 aliphatic carbocycles. The number of anilines is 1. The molecule has 1 aromatic rings. The standard InChI is InChI=1S/C17H20N2O6/c1-11(25-17(21)12-6-4-3-5-7-12)16(20)18-14-9-8-13(24-2)10-15(14)19(22)23/h3-4,8-12H,5-7H2,1-2H3,(H,18,20)/t11-,12+/m0/s1. The van der Waals surface area contributed by atoms with Crippen molar-refractivity contribution in [3.8, 4) is 5.75 Å². The molecule has 2 atom stereocenters. The van der Waals surface area contributed by atoms with Gasteiger partial charge < -0.3 is 14.8 Å². The lowest BCUT2D eigenvalue weighted by Gasteiger charge is -2.19. The predicted octanol–water partition coefficient (Wildman–Crippen LogP) is 2.83. The number of nitrogens with zero attached hydrogens (tertiary/aromatic N) is 1. The first-order chi connectivity index (χ1) is 11.9. The van der Waals surface area contributed by atoms with Crippen LogP contribution in [0.4, 0.5) is 11.4 Å². The van der Waals surface area contributed by atoms with Gasteiger partial charge in [0.15, 0.2) is 6.10 Å². The number of methoxy groups -OCH3 is 1. The zero-order valence-corrected chi connectivity index (χ0v) is 14.1. The number of allylic oxidation sites excluding steroid dienone is 2. The van der Waals surface area contributed by atoms with E-state index >= 15 is 0 Å². The lowest BCUT2D eigenvalue weighted by atomic mass is 9.95. The largest absolute Gasteiger partial charge is 0.496 e. The number of carbonyl (C=O) groups excluding carboxylic acids is 2. The lowest BCUT2D eigenvalue weighted by Crippen LogP contribution is -2.32. The molecule has 0 fully saturated rings. The molecule has 0 saturated heterocycles. The molecule has 0 unspecified atom stereocenters. The highest BCUT2D eigenvalue weighted by molar-refractivity contribution is 5.97. The molecule has 0 spiro atoms. The van der Waals surface area contributed by atoms with Crippen molar-refractivity contribution in [3.05, 3.63) is 40.5 Å². The van der Waals surface area contributed by atoms with Crippen molar-refractivity contribution < 1.29 is 24.0 Å². The summed E-state index contributed by atoms with van der Waals surface area (Å²) in [5.41, 5.74) is -0.289. The first kappa shape index (κ1) is 18.4. The quantitative estimate of drug-likeness (QED) is 0.366. The van der Waals surface area contributed by atoms with Gasteiger partial charge in [0, 0.05) is 0 Å². The SMILES string of the molecule is COc1ccc(NC(=O)[C@H](C)OC(=O)[C@@H]2CC=CCC2)c([N+](=O)[O-])c1. The maximum absolute atomic E-state index is 12.2. The van der Waals surface area contributed by atoms with Crippen LogP contribution in [0.25, 0.3) is 0 Å². The first-order valence-electron chi connectivity index (χ1n) is 7.91. The number of ether oxygens (including phenoxy) is 2. The van der Waals surface area contributed by atoms with E-state index in [1.165, 1.54) is 32.2 Å².